The summed E-state index contributed by atoms with van der Waals surface area (Å²) >= 11 is 0. The third kappa shape index (κ3) is 1.95. The Morgan fingerprint density at radius 1 is 0.850 bits per heavy atom. The third-order valence-electron chi connectivity index (χ3n) is 4.11. The average molecular weight is 267 g/mol. The Morgan fingerprint density at radius 3 is 2.35 bits per heavy atom. The van der Waals surface area contributed by atoms with E-state index in [-0.39, 0.29) is 0 Å². The van der Waals surface area contributed by atoms with Crippen LogP contribution in [0.25, 0.3) is 0 Å². The topological polar surface area (TPSA) is 30.5 Å². The van der Waals surface area contributed by atoms with Gasteiger partial charge in [0.1, 0.15) is 18.1 Å². The molecule has 0 spiro atoms. The first-order chi connectivity index (χ1) is 9.92. The number of hydrogen-bond acceptors (Lipinski definition) is 3. The molecule has 0 radical (unpaired) electrons. The molecule has 0 aromatic heterocycles. The van der Waals surface area contributed by atoms with Gasteiger partial charge in [0.05, 0.1) is 12.6 Å². The van der Waals surface area contributed by atoms with Crippen LogP contribution in [0.4, 0.5) is 0 Å². The van der Waals surface area contributed by atoms with Gasteiger partial charge in [0, 0.05) is 23.6 Å². The second-order valence-electron chi connectivity index (χ2n) is 5.36. The molecule has 0 saturated heterocycles. The molecule has 0 fully saturated rings. The van der Waals surface area contributed by atoms with Crippen LogP contribution in [0.1, 0.15) is 23.1 Å². The van der Waals surface area contributed by atoms with Crippen molar-refractivity contribution in [2.75, 3.05) is 19.8 Å². The number of fused-ring (bicyclic) bond motifs is 2. The summed E-state index contributed by atoms with van der Waals surface area (Å²) in [5, 5.41) is 3.62. The molecular formula is C17H17NO2. The van der Waals surface area contributed by atoms with Crippen LogP contribution in [0.5, 0.6) is 11.5 Å². The fraction of sp³-hybridized carbons (Fsp3) is 0.294. The molecule has 4 rings (SSSR count). The number of benzene rings is 2. The van der Waals surface area contributed by atoms with Gasteiger partial charge in [-0.1, -0.05) is 36.4 Å². The molecule has 2 atom stereocenters. The van der Waals surface area contributed by atoms with Crippen LogP contribution < -0.4 is 14.8 Å². The molecule has 2 aromatic carbocycles. The summed E-state index contributed by atoms with van der Waals surface area (Å²) in [6.07, 6.45) is 0. The SMILES string of the molecule is c1ccc2c(c1)OCC2CNC1COc2ccccc21. The van der Waals surface area contributed by atoms with Gasteiger partial charge in [0.25, 0.3) is 0 Å². The minimum atomic E-state index is 0.291. The summed E-state index contributed by atoms with van der Waals surface area (Å²) in [7, 11) is 0. The predicted octanol–water partition coefficient (Wildman–Crippen LogP) is 2.89. The molecule has 20 heavy (non-hydrogen) atoms. The van der Waals surface area contributed by atoms with E-state index in [1.807, 2.05) is 24.3 Å². The molecule has 3 heteroatoms. The van der Waals surface area contributed by atoms with E-state index < -0.39 is 0 Å². The smallest absolute Gasteiger partial charge is 0.124 e. The minimum Gasteiger partial charge on any atom is -0.493 e. The molecule has 0 aliphatic carbocycles. The minimum absolute atomic E-state index is 0.291. The zero-order valence-corrected chi connectivity index (χ0v) is 11.2. The molecule has 2 aromatic rings. The highest BCUT2D eigenvalue weighted by atomic mass is 16.5. The van der Waals surface area contributed by atoms with Crippen molar-refractivity contribution in [1.29, 1.82) is 0 Å². The number of rotatable bonds is 3. The van der Waals surface area contributed by atoms with Gasteiger partial charge in [-0.25, -0.2) is 0 Å². The van der Waals surface area contributed by atoms with Crippen molar-refractivity contribution in [2.45, 2.75) is 12.0 Å². The molecule has 0 amide bonds. The maximum Gasteiger partial charge on any atom is 0.124 e. The molecule has 2 aliphatic rings. The first-order valence-corrected chi connectivity index (χ1v) is 7.08. The van der Waals surface area contributed by atoms with E-state index in [1.54, 1.807) is 0 Å². The van der Waals surface area contributed by atoms with Crippen molar-refractivity contribution in [3.63, 3.8) is 0 Å². The lowest BCUT2D eigenvalue weighted by atomic mass is 10.0. The highest BCUT2D eigenvalue weighted by molar-refractivity contribution is 5.41. The zero-order valence-electron chi connectivity index (χ0n) is 11.2. The second-order valence-corrected chi connectivity index (χ2v) is 5.36. The Morgan fingerprint density at radius 2 is 1.50 bits per heavy atom. The Balaban J connectivity index is 1.45. The van der Waals surface area contributed by atoms with Crippen LogP contribution in [0.3, 0.4) is 0 Å². The lowest BCUT2D eigenvalue weighted by Gasteiger charge is -2.15. The quantitative estimate of drug-likeness (QED) is 0.927. The molecular weight excluding hydrogens is 250 g/mol. The molecule has 2 aliphatic heterocycles. The Hall–Kier alpha value is -2.00. The van der Waals surface area contributed by atoms with E-state index in [9.17, 15) is 0 Å². The van der Waals surface area contributed by atoms with Gasteiger partial charge in [-0.2, -0.15) is 0 Å². The maximum atomic E-state index is 5.72. The van der Waals surface area contributed by atoms with E-state index in [0.29, 0.717) is 18.6 Å². The van der Waals surface area contributed by atoms with E-state index in [4.69, 9.17) is 9.47 Å². The van der Waals surface area contributed by atoms with Crippen LogP contribution in [-0.2, 0) is 0 Å². The standard InChI is InChI=1S/C17H17NO2/c1-3-7-16-13(5-1)12(10-19-16)9-18-15-11-20-17-8-4-2-6-14(15)17/h1-8,12,15,18H,9-11H2. The van der Waals surface area contributed by atoms with Gasteiger partial charge in [-0.3, -0.25) is 0 Å². The maximum absolute atomic E-state index is 5.72. The number of nitrogens with one attached hydrogen (secondary N) is 1. The summed E-state index contributed by atoms with van der Waals surface area (Å²) in [5.41, 5.74) is 2.58. The number of ether oxygens (including phenoxy) is 2. The van der Waals surface area contributed by atoms with Crippen LogP contribution in [-0.4, -0.2) is 19.8 Å². The van der Waals surface area contributed by atoms with Gasteiger partial charge < -0.3 is 14.8 Å². The molecule has 1 N–H and O–H groups in total. The molecule has 102 valence electrons. The average Bonchev–Trinajstić information content (AvgIpc) is 3.09. The van der Waals surface area contributed by atoms with Crippen molar-refractivity contribution in [3.05, 3.63) is 59.7 Å². The van der Waals surface area contributed by atoms with Crippen molar-refractivity contribution in [3.8, 4) is 11.5 Å². The first-order valence-electron chi connectivity index (χ1n) is 7.08. The molecule has 3 nitrogen and oxygen atoms in total. The lowest BCUT2D eigenvalue weighted by molar-refractivity contribution is 0.294. The first kappa shape index (κ1) is 11.8. The zero-order chi connectivity index (χ0) is 13.4. The third-order valence-corrected chi connectivity index (χ3v) is 4.11. The van der Waals surface area contributed by atoms with Crippen molar-refractivity contribution >= 4 is 0 Å². The van der Waals surface area contributed by atoms with E-state index >= 15 is 0 Å². The summed E-state index contributed by atoms with van der Waals surface area (Å²) < 4.78 is 11.4. The van der Waals surface area contributed by atoms with Gasteiger partial charge in [0.2, 0.25) is 0 Å². The summed E-state index contributed by atoms with van der Waals surface area (Å²) in [4.78, 5) is 0. The highest BCUT2D eigenvalue weighted by Crippen LogP contribution is 2.35. The summed E-state index contributed by atoms with van der Waals surface area (Å²) in [6, 6.07) is 16.9. The van der Waals surface area contributed by atoms with E-state index in [0.717, 1.165) is 24.7 Å². The molecule has 0 saturated carbocycles. The predicted molar refractivity (Wildman–Crippen MR) is 77.4 cm³/mol. The van der Waals surface area contributed by atoms with Gasteiger partial charge >= 0.3 is 0 Å². The van der Waals surface area contributed by atoms with Crippen molar-refractivity contribution in [1.82, 2.24) is 5.32 Å². The highest BCUT2D eigenvalue weighted by Gasteiger charge is 2.27. The van der Waals surface area contributed by atoms with E-state index in [2.05, 4.69) is 29.6 Å². The number of para-hydroxylation sites is 2. The van der Waals surface area contributed by atoms with Gasteiger partial charge in [-0.15, -0.1) is 0 Å². The van der Waals surface area contributed by atoms with Crippen LogP contribution in [0.2, 0.25) is 0 Å². The van der Waals surface area contributed by atoms with E-state index in [1.165, 1.54) is 11.1 Å². The largest absolute Gasteiger partial charge is 0.493 e. The fourth-order valence-electron chi connectivity index (χ4n) is 3.01. The summed E-state index contributed by atoms with van der Waals surface area (Å²) in [6.45, 7) is 2.40. The molecule has 0 bridgehead atoms. The Bertz CT molecular complexity index is 570. The van der Waals surface area contributed by atoms with Gasteiger partial charge in [-0.05, 0) is 12.1 Å². The van der Waals surface area contributed by atoms with Crippen LogP contribution in [0.15, 0.2) is 48.5 Å². The second kappa shape index (κ2) is 4.84. The van der Waals surface area contributed by atoms with Crippen molar-refractivity contribution < 1.29 is 9.47 Å². The van der Waals surface area contributed by atoms with Crippen LogP contribution in [0, 0.1) is 0 Å². The Kier molecular flexibility index (Phi) is 2.85. The van der Waals surface area contributed by atoms with Crippen LogP contribution >= 0.6 is 0 Å². The molecule has 2 unspecified atom stereocenters. The summed E-state index contributed by atoms with van der Waals surface area (Å²) in [5.74, 6) is 2.47. The fourth-order valence-corrected chi connectivity index (χ4v) is 3.01. The molecule has 2 heterocycles. The monoisotopic (exact) mass is 267 g/mol. The van der Waals surface area contributed by atoms with Crippen molar-refractivity contribution in [2.24, 2.45) is 0 Å². The Labute approximate surface area is 118 Å². The normalized spacial score (nSPS) is 22.8. The lowest BCUT2D eigenvalue weighted by Crippen LogP contribution is -2.28. The van der Waals surface area contributed by atoms with Gasteiger partial charge in [0.15, 0.2) is 0 Å². The number of hydrogen-bond donors (Lipinski definition) is 1.